The molecule has 0 atom stereocenters. The maximum atomic E-state index is 10.5. The zero-order chi connectivity index (χ0) is 10.0. The topological polar surface area (TPSA) is 57.5 Å². The van der Waals surface area contributed by atoms with Gasteiger partial charge in [0.15, 0.2) is 6.29 Å². The zero-order valence-corrected chi connectivity index (χ0v) is 8.84. The molecule has 0 aliphatic rings. The van der Waals surface area contributed by atoms with E-state index in [0.717, 1.165) is 0 Å². The van der Waals surface area contributed by atoms with Crippen molar-refractivity contribution in [3.63, 3.8) is 0 Å². The van der Waals surface area contributed by atoms with Gasteiger partial charge < -0.3 is 10.2 Å². The van der Waals surface area contributed by atoms with Gasteiger partial charge >= 0.3 is 0 Å². The van der Waals surface area contributed by atoms with E-state index in [4.69, 9.17) is 0 Å². The molecule has 3 nitrogen and oxygen atoms in total. The lowest BCUT2D eigenvalue weighted by Crippen LogP contribution is -1.91. The molecule has 0 saturated heterocycles. The fraction of sp³-hybridized carbons (Fsp3) is 0.300. The number of halogens is 1. The van der Waals surface area contributed by atoms with E-state index in [9.17, 15) is 15.0 Å². The summed E-state index contributed by atoms with van der Waals surface area (Å²) >= 11 is 0. The van der Waals surface area contributed by atoms with Crippen molar-refractivity contribution in [3.8, 4) is 11.5 Å². The van der Waals surface area contributed by atoms with E-state index in [1.807, 2.05) is 13.8 Å². The maximum Gasteiger partial charge on any atom is 0.153 e. The number of phenols is 2. The lowest BCUT2D eigenvalue weighted by Gasteiger charge is -2.09. The van der Waals surface area contributed by atoms with Gasteiger partial charge in [-0.2, -0.15) is 0 Å². The van der Waals surface area contributed by atoms with E-state index in [2.05, 4.69) is 0 Å². The Labute approximate surface area is 88.8 Å². The van der Waals surface area contributed by atoms with Crippen molar-refractivity contribution >= 4 is 18.7 Å². The third kappa shape index (κ3) is 2.39. The number of carbonyl (C=O) groups is 1. The van der Waals surface area contributed by atoms with Gasteiger partial charge in [0.1, 0.15) is 11.5 Å². The van der Waals surface area contributed by atoms with Gasteiger partial charge in [0.25, 0.3) is 0 Å². The van der Waals surface area contributed by atoms with Crippen LogP contribution in [0.3, 0.4) is 0 Å². The molecule has 0 aliphatic carbocycles. The first-order valence-corrected chi connectivity index (χ1v) is 4.07. The molecule has 0 aliphatic heterocycles. The largest absolute Gasteiger partial charge is 0.508 e. The summed E-state index contributed by atoms with van der Waals surface area (Å²) < 4.78 is 0. The molecule has 1 aromatic rings. The number of hydrogen-bond donors (Lipinski definition) is 2. The second-order valence-corrected chi connectivity index (χ2v) is 3.24. The van der Waals surface area contributed by atoms with E-state index >= 15 is 0 Å². The Morgan fingerprint density at radius 3 is 2.21 bits per heavy atom. The Bertz CT molecular complexity index is 334. The van der Waals surface area contributed by atoms with Crippen LogP contribution in [0.2, 0.25) is 0 Å². The highest BCUT2D eigenvalue weighted by atomic mass is 35.5. The highest BCUT2D eigenvalue weighted by Gasteiger charge is 2.10. The molecule has 1 rings (SSSR count). The summed E-state index contributed by atoms with van der Waals surface area (Å²) in [4.78, 5) is 10.5. The lowest BCUT2D eigenvalue weighted by molar-refractivity contribution is 0.112. The van der Waals surface area contributed by atoms with E-state index < -0.39 is 0 Å². The Hall–Kier alpha value is -1.22. The van der Waals surface area contributed by atoms with Crippen molar-refractivity contribution < 1.29 is 15.0 Å². The minimum Gasteiger partial charge on any atom is -0.508 e. The van der Waals surface area contributed by atoms with Gasteiger partial charge in [0.2, 0.25) is 0 Å². The number of phenolic OH excluding ortho intramolecular Hbond substituents is 2. The van der Waals surface area contributed by atoms with Crippen LogP contribution in [0.25, 0.3) is 0 Å². The van der Waals surface area contributed by atoms with Gasteiger partial charge in [-0.25, -0.2) is 0 Å². The summed E-state index contributed by atoms with van der Waals surface area (Å²) in [6.45, 7) is 3.81. The fourth-order valence-corrected chi connectivity index (χ4v) is 1.17. The standard InChI is InChI=1S/C10H12O3.ClH/c1-6(2)8-3-7(5-11)9(12)4-10(8)13;/h3-6,12-13H,1-2H3;1H. The molecule has 2 N–H and O–H groups in total. The molecule has 0 fully saturated rings. The van der Waals surface area contributed by atoms with E-state index in [-0.39, 0.29) is 35.4 Å². The van der Waals surface area contributed by atoms with Crippen LogP contribution in [0.5, 0.6) is 11.5 Å². The molecule has 0 amide bonds. The van der Waals surface area contributed by atoms with E-state index in [1.54, 1.807) is 0 Å². The summed E-state index contributed by atoms with van der Waals surface area (Å²) in [7, 11) is 0. The maximum absolute atomic E-state index is 10.5. The van der Waals surface area contributed by atoms with Crippen LogP contribution in [-0.4, -0.2) is 16.5 Å². The van der Waals surface area contributed by atoms with Crippen LogP contribution in [0.4, 0.5) is 0 Å². The molecule has 0 bridgehead atoms. The molecule has 0 spiro atoms. The fourth-order valence-electron chi connectivity index (χ4n) is 1.17. The number of aromatic hydroxyl groups is 2. The first-order chi connectivity index (χ1) is 6.06. The van der Waals surface area contributed by atoms with Crippen molar-refractivity contribution in [1.29, 1.82) is 0 Å². The van der Waals surface area contributed by atoms with E-state index in [0.29, 0.717) is 11.8 Å². The highest BCUT2D eigenvalue weighted by Crippen LogP contribution is 2.31. The zero-order valence-electron chi connectivity index (χ0n) is 8.02. The van der Waals surface area contributed by atoms with Crippen molar-refractivity contribution in [2.24, 2.45) is 0 Å². The van der Waals surface area contributed by atoms with Gasteiger partial charge in [-0.05, 0) is 17.5 Å². The third-order valence-corrected chi connectivity index (χ3v) is 1.92. The summed E-state index contributed by atoms with van der Waals surface area (Å²) in [5, 5.41) is 18.6. The normalized spacial score (nSPS) is 9.64. The second kappa shape index (κ2) is 4.86. The van der Waals surface area contributed by atoms with Gasteiger partial charge in [-0.1, -0.05) is 13.8 Å². The predicted molar refractivity (Wildman–Crippen MR) is 56.5 cm³/mol. The Morgan fingerprint density at radius 1 is 1.21 bits per heavy atom. The second-order valence-electron chi connectivity index (χ2n) is 3.24. The van der Waals surface area contributed by atoms with Crippen molar-refractivity contribution in [2.75, 3.05) is 0 Å². The molecular weight excluding hydrogens is 204 g/mol. The molecule has 0 unspecified atom stereocenters. The minimum atomic E-state index is -0.183. The Kier molecular flexibility index (Phi) is 4.44. The number of carbonyl (C=O) groups excluding carboxylic acids is 1. The predicted octanol–water partition coefficient (Wildman–Crippen LogP) is 2.46. The van der Waals surface area contributed by atoms with E-state index in [1.165, 1.54) is 12.1 Å². The Balaban J connectivity index is 0.00000169. The van der Waals surface area contributed by atoms with Crippen molar-refractivity contribution in [2.45, 2.75) is 19.8 Å². The first-order valence-electron chi connectivity index (χ1n) is 4.07. The molecule has 0 saturated carbocycles. The average Bonchev–Trinajstić information content (AvgIpc) is 2.03. The number of rotatable bonds is 2. The number of hydrogen-bond acceptors (Lipinski definition) is 3. The molecule has 0 radical (unpaired) electrons. The van der Waals surface area contributed by atoms with Gasteiger partial charge in [-0.15, -0.1) is 12.4 Å². The first kappa shape index (κ1) is 12.8. The highest BCUT2D eigenvalue weighted by molar-refractivity contribution is 5.85. The molecule has 78 valence electrons. The monoisotopic (exact) mass is 216 g/mol. The summed E-state index contributed by atoms with van der Waals surface area (Å²) in [6, 6.07) is 2.70. The van der Waals surface area contributed by atoms with Gasteiger partial charge in [0, 0.05) is 6.07 Å². The number of aldehydes is 1. The summed E-state index contributed by atoms with van der Waals surface area (Å²) in [5.74, 6) is -0.0331. The van der Waals surface area contributed by atoms with Crippen LogP contribution >= 0.6 is 12.4 Å². The number of benzene rings is 1. The van der Waals surface area contributed by atoms with Crippen LogP contribution in [-0.2, 0) is 0 Å². The molecule has 4 heteroatoms. The summed E-state index contributed by atoms with van der Waals surface area (Å²) in [6.07, 6.45) is 0.570. The average molecular weight is 217 g/mol. The van der Waals surface area contributed by atoms with Crippen LogP contribution in [0, 0.1) is 0 Å². The Morgan fingerprint density at radius 2 is 1.79 bits per heavy atom. The molecule has 0 heterocycles. The SMILES string of the molecule is CC(C)c1cc(C=O)c(O)cc1O.Cl. The molecule has 14 heavy (non-hydrogen) atoms. The third-order valence-electron chi connectivity index (χ3n) is 1.92. The molecular formula is C10H13ClO3. The lowest BCUT2D eigenvalue weighted by atomic mass is 9.99. The van der Waals surface area contributed by atoms with Crippen LogP contribution < -0.4 is 0 Å². The van der Waals surface area contributed by atoms with Gasteiger partial charge in [0.05, 0.1) is 5.56 Å². The summed E-state index contributed by atoms with van der Waals surface area (Å²) in [5.41, 5.74) is 0.876. The minimum absolute atomic E-state index is 0. The molecule has 0 aromatic heterocycles. The quantitative estimate of drug-likeness (QED) is 0.747. The molecule has 1 aromatic carbocycles. The van der Waals surface area contributed by atoms with Crippen LogP contribution in [0.1, 0.15) is 35.7 Å². The van der Waals surface area contributed by atoms with Crippen molar-refractivity contribution in [1.82, 2.24) is 0 Å². The smallest absolute Gasteiger partial charge is 0.153 e. The van der Waals surface area contributed by atoms with Gasteiger partial charge in [-0.3, -0.25) is 4.79 Å². The van der Waals surface area contributed by atoms with Crippen LogP contribution in [0.15, 0.2) is 12.1 Å². The van der Waals surface area contributed by atoms with Crippen molar-refractivity contribution in [3.05, 3.63) is 23.3 Å².